The van der Waals surface area contributed by atoms with Gasteiger partial charge < -0.3 is 4.98 Å². The smallest absolute Gasteiger partial charge is 0.281 e. The van der Waals surface area contributed by atoms with E-state index in [1.165, 1.54) is 26.4 Å². The molecule has 0 saturated heterocycles. The monoisotopic (exact) mass is 232 g/mol. The molecule has 1 rings (SSSR count). The van der Waals surface area contributed by atoms with E-state index in [4.69, 9.17) is 5.84 Å². The Morgan fingerprint density at radius 3 is 2.60 bits per heavy atom. The van der Waals surface area contributed by atoms with Gasteiger partial charge in [0.25, 0.3) is 5.91 Å². The third-order valence-electron chi connectivity index (χ3n) is 1.81. The lowest BCUT2D eigenvalue weighted by atomic mass is 10.4. The second kappa shape index (κ2) is 4.01. The second-order valence-corrected chi connectivity index (χ2v) is 5.16. The Bertz CT molecular complexity index is 462. The van der Waals surface area contributed by atoms with Gasteiger partial charge >= 0.3 is 0 Å². The van der Waals surface area contributed by atoms with Crippen LogP contribution in [0.2, 0.25) is 0 Å². The van der Waals surface area contributed by atoms with Gasteiger partial charge in [0.1, 0.15) is 10.6 Å². The molecule has 0 atom stereocenters. The fourth-order valence-corrected chi connectivity index (χ4v) is 1.84. The van der Waals surface area contributed by atoms with E-state index in [1.807, 2.05) is 5.43 Å². The number of sulfonamides is 1. The van der Waals surface area contributed by atoms with Crippen LogP contribution in [0, 0.1) is 0 Å². The quantitative estimate of drug-likeness (QED) is 0.348. The number of nitrogens with zero attached hydrogens (tertiary/aromatic N) is 1. The Balaban J connectivity index is 3.10. The van der Waals surface area contributed by atoms with Crippen LogP contribution in [-0.4, -0.2) is 37.7 Å². The molecular formula is C7H12N4O3S. The molecule has 7 nitrogen and oxygen atoms in total. The number of carbonyl (C=O) groups is 1. The molecule has 0 aliphatic rings. The maximum absolute atomic E-state index is 11.6. The number of hydrogen-bond donors (Lipinski definition) is 3. The van der Waals surface area contributed by atoms with Crippen LogP contribution in [0.15, 0.2) is 17.2 Å². The van der Waals surface area contributed by atoms with Gasteiger partial charge in [0.2, 0.25) is 10.0 Å². The molecule has 4 N–H and O–H groups in total. The molecule has 0 aliphatic heterocycles. The van der Waals surface area contributed by atoms with Gasteiger partial charge in [-0.15, -0.1) is 0 Å². The molecule has 0 saturated carbocycles. The molecule has 0 unspecified atom stereocenters. The van der Waals surface area contributed by atoms with E-state index in [0.29, 0.717) is 0 Å². The normalized spacial score (nSPS) is 11.7. The van der Waals surface area contributed by atoms with Gasteiger partial charge in [-0.2, -0.15) is 0 Å². The molecule has 0 bridgehead atoms. The molecule has 0 aromatic carbocycles. The Kier molecular flexibility index (Phi) is 3.12. The van der Waals surface area contributed by atoms with E-state index in [9.17, 15) is 13.2 Å². The fraction of sp³-hybridized carbons (Fsp3) is 0.286. The van der Waals surface area contributed by atoms with Gasteiger partial charge in [0, 0.05) is 20.3 Å². The number of rotatable bonds is 3. The predicted molar refractivity (Wildman–Crippen MR) is 53.3 cm³/mol. The van der Waals surface area contributed by atoms with Crippen LogP contribution >= 0.6 is 0 Å². The van der Waals surface area contributed by atoms with Crippen molar-refractivity contribution >= 4 is 15.9 Å². The van der Waals surface area contributed by atoms with E-state index < -0.39 is 15.9 Å². The van der Waals surface area contributed by atoms with Gasteiger partial charge in [-0.25, -0.2) is 18.6 Å². The number of hydrazine groups is 1. The zero-order valence-corrected chi connectivity index (χ0v) is 9.13. The van der Waals surface area contributed by atoms with Crippen molar-refractivity contribution in [3.63, 3.8) is 0 Å². The van der Waals surface area contributed by atoms with E-state index >= 15 is 0 Å². The van der Waals surface area contributed by atoms with Crippen LogP contribution in [0.3, 0.4) is 0 Å². The van der Waals surface area contributed by atoms with Crippen molar-refractivity contribution in [2.75, 3.05) is 14.1 Å². The summed E-state index contributed by atoms with van der Waals surface area (Å²) < 4.78 is 24.3. The van der Waals surface area contributed by atoms with E-state index in [-0.39, 0.29) is 10.6 Å². The summed E-state index contributed by atoms with van der Waals surface area (Å²) in [5, 5.41) is 0. The molecule has 0 aliphatic carbocycles. The number of aromatic nitrogens is 1. The number of nitrogens with one attached hydrogen (secondary N) is 2. The lowest BCUT2D eigenvalue weighted by Gasteiger charge is -2.08. The average Bonchev–Trinajstić information content (AvgIpc) is 2.65. The Morgan fingerprint density at radius 1 is 1.53 bits per heavy atom. The highest BCUT2D eigenvalue weighted by atomic mass is 32.2. The van der Waals surface area contributed by atoms with Crippen molar-refractivity contribution in [1.29, 1.82) is 0 Å². The molecule has 1 aromatic rings. The molecule has 8 heteroatoms. The third-order valence-corrected chi connectivity index (χ3v) is 3.60. The first kappa shape index (κ1) is 11.7. The number of carbonyl (C=O) groups excluding carboxylic acids is 1. The summed E-state index contributed by atoms with van der Waals surface area (Å²) in [6, 6.07) is 1.22. The highest BCUT2D eigenvalue weighted by molar-refractivity contribution is 7.89. The third kappa shape index (κ3) is 2.17. The van der Waals surface area contributed by atoms with Crippen molar-refractivity contribution in [2.24, 2.45) is 5.84 Å². The van der Waals surface area contributed by atoms with Crippen LogP contribution in [0.1, 0.15) is 10.5 Å². The maximum Gasteiger partial charge on any atom is 0.281 e. The maximum atomic E-state index is 11.6. The second-order valence-electron chi connectivity index (χ2n) is 3.01. The molecule has 0 fully saturated rings. The summed E-state index contributed by atoms with van der Waals surface area (Å²) in [4.78, 5) is 13.6. The molecule has 0 radical (unpaired) electrons. The minimum Gasteiger partial charge on any atom is -0.356 e. The molecular weight excluding hydrogens is 220 g/mol. The minimum atomic E-state index is -3.52. The number of amides is 1. The van der Waals surface area contributed by atoms with Gasteiger partial charge in [-0.05, 0) is 6.07 Å². The molecule has 1 amide bonds. The summed E-state index contributed by atoms with van der Waals surface area (Å²) in [6.45, 7) is 0. The van der Waals surface area contributed by atoms with Gasteiger partial charge in [0.15, 0.2) is 0 Å². The molecule has 1 heterocycles. The summed E-state index contributed by atoms with van der Waals surface area (Å²) in [5.41, 5.74) is 1.99. The van der Waals surface area contributed by atoms with E-state index in [2.05, 4.69) is 4.98 Å². The predicted octanol–water partition coefficient (Wildman–Crippen LogP) is -1.13. The van der Waals surface area contributed by atoms with Crippen LogP contribution in [-0.2, 0) is 10.0 Å². The number of H-pyrrole nitrogens is 1. The first-order valence-electron chi connectivity index (χ1n) is 4.01. The Labute approximate surface area is 87.3 Å². The van der Waals surface area contributed by atoms with Crippen molar-refractivity contribution in [2.45, 2.75) is 4.90 Å². The molecule has 84 valence electrons. The SMILES string of the molecule is CN(C)S(=O)(=O)c1c[nH]c(C(=O)NN)c1. The lowest BCUT2D eigenvalue weighted by molar-refractivity contribution is 0.0949. The van der Waals surface area contributed by atoms with Crippen LogP contribution < -0.4 is 11.3 Å². The highest BCUT2D eigenvalue weighted by Crippen LogP contribution is 2.13. The zero-order valence-electron chi connectivity index (χ0n) is 8.31. The highest BCUT2D eigenvalue weighted by Gasteiger charge is 2.20. The topological polar surface area (TPSA) is 108 Å². The van der Waals surface area contributed by atoms with Crippen LogP contribution in [0.4, 0.5) is 0 Å². The van der Waals surface area contributed by atoms with Crippen LogP contribution in [0.5, 0.6) is 0 Å². The number of aromatic amines is 1. The van der Waals surface area contributed by atoms with Gasteiger partial charge in [-0.3, -0.25) is 10.2 Å². The standard InChI is InChI=1S/C7H12N4O3S/c1-11(2)15(13,14)5-3-6(9-4-5)7(12)10-8/h3-4,9H,8H2,1-2H3,(H,10,12). The first-order valence-corrected chi connectivity index (χ1v) is 5.45. The average molecular weight is 232 g/mol. The summed E-state index contributed by atoms with van der Waals surface area (Å²) in [7, 11) is -0.701. The van der Waals surface area contributed by atoms with Crippen molar-refractivity contribution < 1.29 is 13.2 Å². The summed E-state index contributed by atoms with van der Waals surface area (Å²) in [6.07, 6.45) is 1.24. The Hall–Kier alpha value is -1.38. The first-order chi connectivity index (χ1) is 6.89. The van der Waals surface area contributed by atoms with Crippen molar-refractivity contribution in [3.05, 3.63) is 18.0 Å². The molecule has 0 spiro atoms. The zero-order chi connectivity index (χ0) is 11.6. The Morgan fingerprint density at radius 2 is 2.13 bits per heavy atom. The largest absolute Gasteiger partial charge is 0.356 e. The van der Waals surface area contributed by atoms with E-state index in [1.54, 1.807) is 0 Å². The lowest BCUT2D eigenvalue weighted by Crippen LogP contribution is -2.30. The fourth-order valence-electron chi connectivity index (χ4n) is 0.943. The van der Waals surface area contributed by atoms with Crippen molar-refractivity contribution in [3.8, 4) is 0 Å². The molecule has 1 aromatic heterocycles. The number of nitrogens with two attached hydrogens (primary N) is 1. The molecule has 15 heavy (non-hydrogen) atoms. The minimum absolute atomic E-state index is 0.0195. The van der Waals surface area contributed by atoms with E-state index in [0.717, 1.165) is 4.31 Å². The summed E-state index contributed by atoms with van der Waals surface area (Å²) >= 11 is 0. The van der Waals surface area contributed by atoms with Crippen LogP contribution in [0.25, 0.3) is 0 Å². The number of hydrogen-bond acceptors (Lipinski definition) is 4. The van der Waals surface area contributed by atoms with Crippen molar-refractivity contribution in [1.82, 2.24) is 14.7 Å². The number of nitrogen functional groups attached to an aromatic ring is 1. The van der Waals surface area contributed by atoms with Gasteiger partial charge in [-0.1, -0.05) is 0 Å². The van der Waals surface area contributed by atoms with Gasteiger partial charge in [0.05, 0.1) is 0 Å². The summed E-state index contributed by atoms with van der Waals surface area (Å²) in [5.74, 6) is 4.33.